The number of ether oxygens (including phenoxy) is 1. The van der Waals surface area contributed by atoms with Gasteiger partial charge in [-0.3, -0.25) is 4.90 Å². The second-order valence-corrected chi connectivity index (χ2v) is 11.4. The Bertz CT molecular complexity index is 1390. The van der Waals surface area contributed by atoms with Gasteiger partial charge < -0.3 is 19.9 Å². The second-order valence-electron chi connectivity index (χ2n) is 11.4. The van der Waals surface area contributed by atoms with Gasteiger partial charge in [-0.1, -0.05) is 30.3 Å². The molecule has 0 atom stereocenters. The van der Waals surface area contributed by atoms with Crippen LogP contribution < -0.4 is 10.5 Å². The average Bonchev–Trinajstić information content (AvgIpc) is 3.28. The minimum atomic E-state index is 0.438. The number of aromatic nitrogens is 3. The van der Waals surface area contributed by atoms with E-state index in [0.29, 0.717) is 17.3 Å². The molecule has 0 amide bonds. The molecule has 4 aromatic rings. The largest absolute Gasteiger partial charge is 0.457 e. The molecule has 0 bridgehead atoms. The highest BCUT2D eigenvalue weighted by atomic mass is 16.5. The summed E-state index contributed by atoms with van der Waals surface area (Å²) in [5.41, 5.74) is 10.1. The standard InChI is InChI=1S/C30H34N6O/c1-34-16-30(17-34)18-35(19-30)22-9-11-23(12-10-22)36-15-26(27-28(31)32-20-33-29(27)36)21-7-13-25(14-8-21)37-24-5-3-2-4-6-24/h2-8,13-15,20,22-23H,9-12,16-19H2,1H3,(H2,31,32,33)/t22-,23-. The van der Waals surface area contributed by atoms with Crippen molar-refractivity contribution in [3.63, 3.8) is 0 Å². The molecule has 1 aliphatic carbocycles. The smallest absolute Gasteiger partial charge is 0.146 e. The Morgan fingerprint density at radius 3 is 2.22 bits per heavy atom. The maximum atomic E-state index is 6.41. The van der Waals surface area contributed by atoms with Crippen LogP contribution in [0.2, 0.25) is 0 Å². The molecule has 3 fully saturated rings. The number of nitrogens with two attached hydrogens (primary N) is 1. The zero-order valence-corrected chi connectivity index (χ0v) is 21.4. The highest BCUT2D eigenvalue weighted by Gasteiger charge is 2.52. The highest BCUT2D eigenvalue weighted by Crippen LogP contribution is 2.44. The Labute approximate surface area is 217 Å². The number of benzene rings is 2. The van der Waals surface area contributed by atoms with Gasteiger partial charge in [-0.25, -0.2) is 9.97 Å². The van der Waals surface area contributed by atoms with E-state index in [1.165, 1.54) is 51.9 Å². The third-order valence-corrected chi connectivity index (χ3v) is 8.65. The fourth-order valence-corrected chi connectivity index (χ4v) is 7.01. The third kappa shape index (κ3) is 4.06. The molecule has 0 unspecified atom stereocenters. The van der Waals surface area contributed by atoms with Gasteiger partial charge in [0.05, 0.1) is 5.39 Å². The predicted octanol–water partition coefficient (Wildman–Crippen LogP) is 5.20. The van der Waals surface area contributed by atoms with Gasteiger partial charge in [0.25, 0.3) is 0 Å². The molecule has 2 aromatic heterocycles. The Balaban J connectivity index is 1.10. The Morgan fingerprint density at radius 1 is 0.838 bits per heavy atom. The van der Waals surface area contributed by atoms with Crippen LogP contribution >= 0.6 is 0 Å². The van der Waals surface area contributed by atoms with Crippen LogP contribution in [-0.4, -0.2) is 63.6 Å². The summed E-state index contributed by atoms with van der Waals surface area (Å²) in [7, 11) is 2.23. The van der Waals surface area contributed by atoms with Gasteiger partial charge in [0.1, 0.15) is 29.3 Å². The lowest BCUT2D eigenvalue weighted by Gasteiger charge is -2.62. The molecule has 1 spiro atoms. The Kier molecular flexibility index (Phi) is 5.44. The number of fused-ring (bicyclic) bond motifs is 1. The first-order valence-corrected chi connectivity index (χ1v) is 13.4. The van der Waals surface area contributed by atoms with Crippen molar-refractivity contribution in [1.82, 2.24) is 24.3 Å². The fraction of sp³-hybridized carbons (Fsp3) is 0.400. The summed E-state index contributed by atoms with van der Waals surface area (Å²) < 4.78 is 8.36. The second kappa shape index (κ2) is 8.85. The van der Waals surface area contributed by atoms with Crippen LogP contribution in [0, 0.1) is 5.41 Å². The van der Waals surface area contributed by atoms with Crippen molar-refractivity contribution < 1.29 is 4.74 Å². The quantitative estimate of drug-likeness (QED) is 0.411. The molecule has 2 aliphatic heterocycles. The first-order chi connectivity index (χ1) is 18.1. The van der Waals surface area contributed by atoms with Crippen molar-refractivity contribution >= 4 is 16.9 Å². The fourth-order valence-electron chi connectivity index (χ4n) is 7.01. The van der Waals surface area contributed by atoms with Crippen molar-refractivity contribution in [1.29, 1.82) is 0 Å². The number of nitrogen functional groups attached to an aromatic ring is 1. The van der Waals surface area contributed by atoms with E-state index in [1.807, 2.05) is 42.5 Å². The van der Waals surface area contributed by atoms with Crippen molar-refractivity contribution in [2.75, 3.05) is 39.0 Å². The van der Waals surface area contributed by atoms with E-state index in [0.717, 1.165) is 39.7 Å². The van der Waals surface area contributed by atoms with Crippen LogP contribution in [-0.2, 0) is 0 Å². The zero-order chi connectivity index (χ0) is 25.0. The summed E-state index contributed by atoms with van der Waals surface area (Å²) in [5, 5.41) is 0.945. The SMILES string of the molecule is CN1CC2(C1)CN([C@H]1CC[C@H](n3cc(-c4ccc(Oc5ccccc5)cc4)c4c(N)ncnc43)CC1)C2. The molecule has 7 nitrogen and oxygen atoms in total. The van der Waals surface area contributed by atoms with Gasteiger partial charge >= 0.3 is 0 Å². The molecular weight excluding hydrogens is 460 g/mol. The van der Waals surface area contributed by atoms with Gasteiger partial charge in [0.15, 0.2) is 0 Å². The zero-order valence-electron chi connectivity index (χ0n) is 21.4. The van der Waals surface area contributed by atoms with Crippen molar-refractivity contribution in [2.45, 2.75) is 37.8 Å². The Hall–Kier alpha value is -3.42. The van der Waals surface area contributed by atoms with Crippen LogP contribution in [0.4, 0.5) is 5.82 Å². The lowest BCUT2D eigenvalue weighted by Crippen LogP contribution is -2.72. The van der Waals surface area contributed by atoms with E-state index in [-0.39, 0.29) is 0 Å². The lowest BCUT2D eigenvalue weighted by molar-refractivity contribution is -0.126. The first-order valence-electron chi connectivity index (χ1n) is 13.4. The Morgan fingerprint density at radius 2 is 1.51 bits per heavy atom. The van der Waals surface area contributed by atoms with Gasteiger partial charge in [0.2, 0.25) is 0 Å². The number of rotatable bonds is 5. The molecule has 37 heavy (non-hydrogen) atoms. The molecule has 0 radical (unpaired) electrons. The monoisotopic (exact) mass is 494 g/mol. The van der Waals surface area contributed by atoms with Crippen LogP contribution in [0.15, 0.2) is 67.1 Å². The lowest BCUT2D eigenvalue weighted by atomic mass is 9.71. The van der Waals surface area contributed by atoms with Gasteiger partial charge in [-0.05, 0) is 62.6 Å². The molecule has 190 valence electrons. The number of hydrogen-bond donors (Lipinski definition) is 1. The van der Waals surface area contributed by atoms with Crippen LogP contribution in [0.3, 0.4) is 0 Å². The van der Waals surface area contributed by atoms with Crippen molar-refractivity contribution in [3.05, 3.63) is 67.1 Å². The number of likely N-dealkylation sites (tertiary alicyclic amines) is 2. The van der Waals surface area contributed by atoms with E-state index in [2.05, 4.69) is 44.7 Å². The molecule has 3 aliphatic rings. The number of nitrogens with zero attached hydrogens (tertiary/aromatic N) is 5. The first kappa shape index (κ1) is 22.8. The molecule has 7 heteroatoms. The summed E-state index contributed by atoms with van der Waals surface area (Å²) in [6.45, 7) is 5.13. The summed E-state index contributed by atoms with van der Waals surface area (Å²) in [4.78, 5) is 14.2. The average molecular weight is 495 g/mol. The van der Waals surface area contributed by atoms with Gasteiger partial charge in [-0.2, -0.15) is 0 Å². The third-order valence-electron chi connectivity index (χ3n) is 8.65. The predicted molar refractivity (Wildman–Crippen MR) is 147 cm³/mol. The van der Waals surface area contributed by atoms with Crippen LogP contribution in [0.5, 0.6) is 11.5 Å². The van der Waals surface area contributed by atoms with E-state index in [4.69, 9.17) is 15.5 Å². The minimum Gasteiger partial charge on any atom is -0.457 e. The molecule has 2 N–H and O–H groups in total. The van der Waals surface area contributed by atoms with E-state index < -0.39 is 0 Å². The van der Waals surface area contributed by atoms with Crippen molar-refractivity contribution in [2.24, 2.45) is 5.41 Å². The number of hydrogen-bond acceptors (Lipinski definition) is 6. The summed E-state index contributed by atoms with van der Waals surface area (Å²) in [6.07, 6.45) is 8.68. The maximum absolute atomic E-state index is 6.41. The molecule has 7 rings (SSSR count). The summed E-state index contributed by atoms with van der Waals surface area (Å²) in [5.74, 6) is 2.17. The summed E-state index contributed by atoms with van der Waals surface area (Å²) >= 11 is 0. The van der Waals surface area contributed by atoms with Crippen molar-refractivity contribution in [3.8, 4) is 22.6 Å². The normalized spacial score (nSPS) is 23.6. The number of anilines is 1. The van der Waals surface area contributed by atoms with Crippen LogP contribution in [0.1, 0.15) is 31.7 Å². The van der Waals surface area contributed by atoms with Gasteiger partial charge in [0, 0.05) is 55.4 Å². The van der Waals surface area contributed by atoms with Gasteiger partial charge in [-0.15, -0.1) is 0 Å². The van der Waals surface area contributed by atoms with E-state index in [1.54, 1.807) is 6.33 Å². The molecule has 4 heterocycles. The molecule has 1 saturated carbocycles. The van der Waals surface area contributed by atoms with E-state index in [9.17, 15) is 0 Å². The number of para-hydroxylation sites is 1. The maximum Gasteiger partial charge on any atom is 0.146 e. The molecule has 2 saturated heterocycles. The summed E-state index contributed by atoms with van der Waals surface area (Å²) in [6, 6.07) is 19.2. The molecule has 2 aromatic carbocycles. The molecular formula is C30H34N6O. The highest BCUT2D eigenvalue weighted by molar-refractivity contribution is 6.00. The van der Waals surface area contributed by atoms with E-state index >= 15 is 0 Å². The minimum absolute atomic E-state index is 0.438. The van der Waals surface area contributed by atoms with Crippen LogP contribution in [0.25, 0.3) is 22.2 Å². The topological polar surface area (TPSA) is 72.4 Å².